The number of halogens is 1. The molecule has 4 nitrogen and oxygen atoms in total. The van der Waals surface area contributed by atoms with Gasteiger partial charge in [-0.1, -0.05) is 12.1 Å². The fourth-order valence-corrected chi connectivity index (χ4v) is 2.40. The Labute approximate surface area is 119 Å². The van der Waals surface area contributed by atoms with Crippen molar-refractivity contribution < 1.29 is 13.9 Å². The van der Waals surface area contributed by atoms with Crippen LogP contribution < -0.4 is 4.74 Å². The van der Waals surface area contributed by atoms with Crippen molar-refractivity contribution in [3.8, 4) is 5.75 Å². The number of ether oxygens (including phenoxy) is 1. The fourth-order valence-electron chi connectivity index (χ4n) is 2.40. The lowest BCUT2D eigenvalue weighted by atomic mass is 10.1. The minimum atomic E-state index is -0.444. The van der Waals surface area contributed by atoms with Crippen LogP contribution in [0.5, 0.6) is 5.75 Å². The number of hydrogen-bond donors (Lipinski definition) is 0. The number of amides is 1. The second-order valence-electron chi connectivity index (χ2n) is 5.38. The van der Waals surface area contributed by atoms with Crippen LogP contribution >= 0.6 is 0 Å². The van der Waals surface area contributed by atoms with Crippen molar-refractivity contribution in [3.05, 3.63) is 30.1 Å². The van der Waals surface area contributed by atoms with E-state index in [1.54, 1.807) is 17.0 Å². The highest BCUT2D eigenvalue weighted by atomic mass is 19.1. The number of piperazine rings is 1. The van der Waals surface area contributed by atoms with Gasteiger partial charge in [0.1, 0.15) is 0 Å². The molecule has 2 unspecified atom stereocenters. The lowest BCUT2D eigenvalue weighted by molar-refractivity contribution is -0.137. The smallest absolute Gasteiger partial charge is 0.260 e. The zero-order valence-corrected chi connectivity index (χ0v) is 12.2. The largest absolute Gasteiger partial charge is 0.481 e. The number of rotatable bonds is 3. The van der Waals surface area contributed by atoms with Gasteiger partial charge in [0.15, 0.2) is 18.2 Å². The van der Waals surface area contributed by atoms with Crippen LogP contribution in [-0.4, -0.2) is 54.5 Å². The van der Waals surface area contributed by atoms with Crippen molar-refractivity contribution in [3.63, 3.8) is 0 Å². The number of likely N-dealkylation sites (N-methyl/N-ethyl adjacent to an activating group) is 1. The third-order valence-corrected chi connectivity index (χ3v) is 3.90. The van der Waals surface area contributed by atoms with Crippen LogP contribution in [0.15, 0.2) is 24.3 Å². The maximum atomic E-state index is 13.4. The molecule has 0 spiro atoms. The first-order valence-electron chi connectivity index (χ1n) is 6.86. The van der Waals surface area contributed by atoms with Gasteiger partial charge in [-0.05, 0) is 33.0 Å². The van der Waals surface area contributed by atoms with Crippen molar-refractivity contribution in [2.75, 3.05) is 26.7 Å². The van der Waals surface area contributed by atoms with Crippen molar-refractivity contribution in [2.24, 2.45) is 0 Å². The third-order valence-electron chi connectivity index (χ3n) is 3.90. The Balaban J connectivity index is 1.91. The molecule has 1 fully saturated rings. The van der Waals surface area contributed by atoms with Gasteiger partial charge in [-0.3, -0.25) is 9.69 Å². The van der Waals surface area contributed by atoms with Gasteiger partial charge in [-0.15, -0.1) is 0 Å². The Morgan fingerprint density at radius 2 is 1.90 bits per heavy atom. The average Bonchev–Trinajstić information content (AvgIpc) is 2.43. The topological polar surface area (TPSA) is 32.8 Å². The molecule has 0 aliphatic carbocycles. The number of nitrogens with zero attached hydrogens (tertiary/aromatic N) is 2. The maximum Gasteiger partial charge on any atom is 0.260 e. The molecular formula is C15H21FN2O2. The van der Waals surface area contributed by atoms with E-state index in [4.69, 9.17) is 4.74 Å². The molecule has 2 atom stereocenters. The summed E-state index contributed by atoms with van der Waals surface area (Å²) in [5, 5.41) is 0. The van der Waals surface area contributed by atoms with E-state index in [0.29, 0.717) is 25.2 Å². The highest BCUT2D eigenvalue weighted by Gasteiger charge is 2.29. The maximum absolute atomic E-state index is 13.4. The van der Waals surface area contributed by atoms with Crippen LogP contribution in [0.4, 0.5) is 4.39 Å². The second-order valence-corrected chi connectivity index (χ2v) is 5.38. The fraction of sp³-hybridized carbons (Fsp3) is 0.533. The lowest BCUT2D eigenvalue weighted by Crippen LogP contribution is -2.57. The SMILES string of the molecule is CC1CN(C(=O)COc2ccccc2F)CC(C)N1C. The minimum Gasteiger partial charge on any atom is -0.481 e. The molecule has 1 aliphatic rings. The Kier molecular flexibility index (Phi) is 4.60. The van der Waals surface area contributed by atoms with Crippen molar-refractivity contribution in [1.82, 2.24) is 9.80 Å². The van der Waals surface area contributed by atoms with Gasteiger partial charge in [0.05, 0.1) is 0 Å². The Hall–Kier alpha value is -1.62. The summed E-state index contributed by atoms with van der Waals surface area (Å²) in [6.45, 7) is 5.42. The first-order chi connectivity index (χ1) is 9.49. The van der Waals surface area contributed by atoms with Gasteiger partial charge >= 0.3 is 0 Å². The van der Waals surface area contributed by atoms with Crippen molar-refractivity contribution in [2.45, 2.75) is 25.9 Å². The van der Waals surface area contributed by atoms with E-state index in [-0.39, 0.29) is 18.3 Å². The van der Waals surface area contributed by atoms with E-state index >= 15 is 0 Å². The van der Waals surface area contributed by atoms with Gasteiger partial charge in [0.2, 0.25) is 0 Å². The number of hydrogen-bond acceptors (Lipinski definition) is 3. The molecule has 1 aliphatic heterocycles. The molecule has 1 aromatic carbocycles. The quantitative estimate of drug-likeness (QED) is 0.846. The van der Waals surface area contributed by atoms with E-state index in [2.05, 4.69) is 25.8 Å². The Morgan fingerprint density at radius 1 is 1.30 bits per heavy atom. The van der Waals surface area contributed by atoms with Crippen molar-refractivity contribution in [1.29, 1.82) is 0 Å². The van der Waals surface area contributed by atoms with Crippen LogP contribution in [0.1, 0.15) is 13.8 Å². The molecule has 0 aromatic heterocycles. The summed E-state index contributed by atoms with van der Waals surface area (Å²) >= 11 is 0. The lowest BCUT2D eigenvalue weighted by Gasteiger charge is -2.42. The monoisotopic (exact) mass is 280 g/mol. The molecule has 5 heteroatoms. The molecular weight excluding hydrogens is 259 g/mol. The summed E-state index contributed by atoms with van der Waals surface area (Å²) in [5.41, 5.74) is 0. The van der Waals surface area contributed by atoms with Gasteiger partial charge in [-0.25, -0.2) is 4.39 Å². The van der Waals surface area contributed by atoms with Crippen LogP contribution in [0, 0.1) is 5.82 Å². The van der Waals surface area contributed by atoms with Crippen LogP contribution in [0.25, 0.3) is 0 Å². The molecule has 2 rings (SSSR count). The van der Waals surface area contributed by atoms with E-state index < -0.39 is 5.82 Å². The van der Waals surface area contributed by atoms with Crippen molar-refractivity contribution >= 4 is 5.91 Å². The van der Waals surface area contributed by atoms with E-state index in [1.807, 2.05) is 0 Å². The normalized spacial score (nSPS) is 23.7. The molecule has 0 N–H and O–H groups in total. The number of carbonyl (C=O) groups excluding carboxylic acids is 1. The predicted octanol–water partition coefficient (Wildman–Crippen LogP) is 1.76. The zero-order valence-electron chi connectivity index (χ0n) is 12.2. The van der Waals surface area contributed by atoms with Crippen LogP contribution in [-0.2, 0) is 4.79 Å². The van der Waals surface area contributed by atoms with Gasteiger partial charge in [-0.2, -0.15) is 0 Å². The molecule has 1 saturated heterocycles. The molecule has 1 amide bonds. The summed E-state index contributed by atoms with van der Waals surface area (Å²) in [7, 11) is 2.06. The molecule has 20 heavy (non-hydrogen) atoms. The number of para-hydroxylation sites is 1. The van der Waals surface area contributed by atoms with E-state index in [0.717, 1.165) is 0 Å². The van der Waals surface area contributed by atoms with Gasteiger partial charge in [0, 0.05) is 25.2 Å². The number of carbonyl (C=O) groups is 1. The second kappa shape index (κ2) is 6.22. The Bertz CT molecular complexity index is 469. The molecule has 0 saturated carbocycles. The average molecular weight is 280 g/mol. The first-order valence-corrected chi connectivity index (χ1v) is 6.86. The summed E-state index contributed by atoms with van der Waals surface area (Å²) in [5.74, 6) is -0.420. The van der Waals surface area contributed by atoms with Crippen LogP contribution in [0.3, 0.4) is 0 Å². The third kappa shape index (κ3) is 3.28. The first kappa shape index (κ1) is 14.8. The zero-order chi connectivity index (χ0) is 14.7. The molecule has 0 bridgehead atoms. The van der Waals surface area contributed by atoms with E-state index in [1.165, 1.54) is 12.1 Å². The Morgan fingerprint density at radius 3 is 2.50 bits per heavy atom. The molecule has 110 valence electrons. The number of benzene rings is 1. The van der Waals surface area contributed by atoms with Gasteiger partial charge in [0.25, 0.3) is 5.91 Å². The summed E-state index contributed by atoms with van der Waals surface area (Å²) in [6.07, 6.45) is 0. The standard InChI is InChI=1S/C15H21FN2O2/c1-11-8-18(9-12(2)17(11)3)15(19)10-20-14-7-5-4-6-13(14)16/h4-7,11-12H,8-10H2,1-3H3. The summed E-state index contributed by atoms with van der Waals surface area (Å²) in [6, 6.07) is 6.75. The summed E-state index contributed by atoms with van der Waals surface area (Å²) in [4.78, 5) is 16.2. The highest BCUT2D eigenvalue weighted by molar-refractivity contribution is 5.78. The molecule has 1 heterocycles. The van der Waals surface area contributed by atoms with Gasteiger partial charge < -0.3 is 9.64 Å². The predicted molar refractivity (Wildman–Crippen MR) is 75.2 cm³/mol. The van der Waals surface area contributed by atoms with E-state index in [9.17, 15) is 9.18 Å². The minimum absolute atomic E-state index is 0.0972. The highest BCUT2D eigenvalue weighted by Crippen LogP contribution is 2.17. The molecule has 0 radical (unpaired) electrons. The van der Waals surface area contributed by atoms with Crippen LogP contribution in [0.2, 0.25) is 0 Å². The molecule has 1 aromatic rings. The summed E-state index contributed by atoms with van der Waals surface area (Å²) < 4.78 is 18.7.